The summed E-state index contributed by atoms with van der Waals surface area (Å²) in [6.45, 7) is 7.64. The van der Waals surface area contributed by atoms with Gasteiger partial charge >= 0.3 is 0 Å². The molecule has 1 heterocycles. The summed E-state index contributed by atoms with van der Waals surface area (Å²) in [6.07, 6.45) is 0. The lowest BCUT2D eigenvalue weighted by Gasteiger charge is -2.43. The number of carbonyl (C=O) groups excluding carboxylic acids is 1. The van der Waals surface area contributed by atoms with Crippen LogP contribution in [0.25, 0.3) is 0 Å². The highest BCUT2D eigenvalue weighted by Gasteiger charge is 2.47. The average molecular weight is 338 g/mol. The molecule has 0 bridgehead atoms. The van der Waals surface area contributed by atoms with E-state index in [-0.39, 0.29) is 5.91 Å². The Morgan fingerprint density at radius 2 is 1.92 bits per heavy atom. The van der Waals surface area contributed by atoms with Crippen molar-refractivity contribution in [2.24, 2.45) is 0 Å². The zero-order chi connectivity index (χ0) is 18.0. The summed E-state index contributed by atoms with van der Waals surface area (Å²) in [4.78, 5) is 13.2. The summed E-state index contributed by atoms with van der Waals surface area (Å²) in [7, 11) is 1.62. The van der Waals surface area contributed by atoms with Crippen LogP contribution in [0.1, 0.15) is 36.5 Å². The molecule has 25 heavy (non-hydrogen) atoms. The Morgan fingerprint density at radius 1 is 1.20 bits per heavy atom. The number of hydrogen-bond donors (Lipinski definition) is 2. The molecule has 2 aromatic rings. The van der Waals surface area contributed by atoms with Crippen molar-refractivity contribution in [3.05, 3.63) is 59.2 Å². The summed E-state index contributed by atoms with van der Waals surface area (Å²) in [6, 6.07) is 14.1. The van der Waals surface area contributed by atoms with E-state index in [4.69, 9.17) is 4.74 Å². The molecule has 1 aliphatic heterocycles. The van der Waals surface area contributed by atoms with Crippen molar-refractivity contribution in [3.8, 4) is 5.75 Å². The number of methoxy groups -OCH3 is 1. The zero-order valence-corrected chi connectivity index (χ0v) is 15.3. The standard InChI is InChI=1S/C21H26N2O2/c1-14(2)16-7-5-6-8-17(16)21(12-22-13-21)20(24)23-18-10-9-15(3)11-19(18)25-4/h5-11,14,22H,12-13H2,1-4H3,(H,23,24). The largest absolute Gasteiger partial charge is 0.495 e. The quantitative estimate of drug-likeness (QED) is 0.876. The normalized spacial score (nSPS) is 15.6. The van der Waals surface area contributed by atoms with Crippen molar-refractivity contribution in [3.63, 3.8) is 0 Å². The maximum Gasteiger partial charge on any atom is 0.237 e. The molecule has 2 aromatic carbocycles. The molecular weight excluding hydrogens is 312 g/mol. The van der Waals surface area contributed by atoms with Gasteiger partial charge in [-0.25, -0.2) is 0 Å². The van der Waals surface area contributed by atoms with Crippen molar-refractivity contribution >= 4 is 11.6 Å². The number of benzene rings is 2. The number of carbonyl (C=O) groups is 1. The number of hydrogen-bond acceptors (Lipinski definition) is 3. The van der Waals surface area contributed by atoms with E-state index in [1.54, 1.807) is 7.11 Å². The van der Waals surface area contributed by atoms with Crippen LogP contribution in [0.5, 0.6) is 5.75 Å². The molecule has 0 aromatic heterocycles. The Bertz CT molecular complexity index is 779. The minimum absolute atomic E-state index is 0.0153. The Balaban J connectivity index is 1.95. The Hall–Kier alpha value is -2.33. The van der Waals surface area contributed by atoms with Gasteiger partial charge in [0.05, 0.1) is 18.2 Å². The minimum Gasteiger partial charge on any atom is -0.495 e. The van der Waals surface area contributed by atoms with Gasteiger partial charge in [-0.3, -0.25) is 4.79 Å². The predicted octanol–water partition coefficient (Wildman–Crippen LogP) is 3.61. The molecule has 132 valence electrons. The number of anilines is 1. The highest BCUT2D eigenvalue weighted by Crippen LogP contribution is 2.36. The molecule has 1 fully saturated rings. The summed E-state index contributed by atoms with van der Waals surface area (Å²) < 4.78 is 5.43. The van der Waals surface area contributed by atoms with Crippen molar-refractivity contribution in [1.29, 1.82) is 0 Å². The first kappa shape index (κ1) is 17.5. The van der Waals surface area contributed by atoms with E-state index in [1.807, 2.05) is 37.3 Å². The van der Waals surface area contributed by atoms with Crippen LogP contribution in [0.15, 0.2) is 42.5 Å². The van der Waals surface area contributed by atoms with Gasteiger partial charge in [-0.1, -0.05) is 44.2 Å². The van der Waals surface area contributed by atoms with Gasteiger partial charge in [-0.05, 0) is 41.7 Å². The third kappa shape index (κ3) is 3.14. The van der Waals surface area contributed by atoms with E-state index in [9.17, 15) is 4.79 Å². The summed E-state index contributed by atoms with van der Waals surface area (Å²) in [5, 5.41) is 6.37. The first-order valence-corrected chi connectivity index (χ1v) is 8.74. The van der Waals surface area contributed by atoms with Crippen LogP contribution in [-0.4, -0.2) is 26.1 Å². The van der Waals surface area contributed by atoms with Crippen molar-refractivity contribution in [2.75, 3.05) is 25.5 Å². The topological polar surface area (TPSA) is 50.4 Å². The van der Waals surface area contributed by atoms with Crippen LogP contribution in [0.4, 0.5) is 5.69 Å². The van der Waals surface area contributed by atoms with Gasteiger partial charge in [0.25, 0.3) is 0 Å². The first-order valence-electron chi connectivity index (χ1n) is 8.74. The highest BCUT2D eigenvalue weighted by molar-refractivity contribution is 6.01. The van der Waals surface area contributed by atoms with E-state index in [0.29, 0.717) is 30.4 Å². The molecule has 3 rings (SSSR count). The summed E-state index contributed by atoms with van der Waals surface area (Å²) >= 11 is 0. The Kier molecular flexibility index (Phi) is 4.82. The van der Waals surface area contributed by atoms with Gasteiger partial charge in [0.15, 0.2) is 0 Å². The fourth-order valence-corrected chi connectivity index (χ4v) is 3.43. The van der Waals surface area contributed by atoms with E-state index >= 15 is 0 Å². The molecule has 2 N–H and O–H groups in total. The van der Waals surface area contributed by atoms with E-state index in [1.165, 1.54) is 5.56 Å². The SMILES string of the molecule is COc1cc(C)ccc1NC(=O)C1(c2ccccc2C(C)C)CNC1. The maximum atomic E-state index is 13.2. The second kappa shape index (κ2) is 6.89. The molecule has 0 aliphatic carbocycles. The monoisotopic (exact) mass is 338 g/mol. The average Bonchev–Trinajstić information content (AvgIpc) is 2.55. The van der Waals surface area contributed by atoms with Crippen LogP contribution in [0, 0.1) is 6.92 Å². The summed E-state index contributed by atoms with van der Waals surface area (Å²) in [5.74, 6) is 1.07. The molecule has 1 aliphatic rings. The molecule has 0 saturated carbocycles. The van der Waals surface area contributed by atoms with Crippen LogP contribution >= 0.6 is 0 Å². The van der Waals surface area contributed by atoms with Crippen LogP contribution in [0.3, 0.4) is 0 Å². The van der Waals surface area contributed by atoms with E-state index < -0.39 is 5.41 Å². The van der Waals surface area contributed by atoms with Crippen molar-refractivity contribution < 1.29 is 9.53 Å². The predicted molar refractivity (Wildman–Crippen MR) is 101 cm³/mol. The minimum atomic E-state index is -0.531. The fraction of sp³-hybridized carbons (Fsp3) is 0.381. The smallest absolute Gasteiger partial charge is 0.237 e. The second-order valence-corrected chi connectivity index (χ2v) is 7.09. The lowest BCUT2D eigenvalue weighted by molar-refractivity contribution is -0.123. The molecule has 0 atom stereocenters. The zero-order valence-electron chi connectivity index (χ0n) is 15.3. The molecular formula is C21H26N2O2. The number of ether oxygens (including phenoxy) is 1. The van der Waals surface area contributed by atoms with E-state index in [0.717, 1.165) is 11.1 Å². The van der Waals surface area contributed by atoms with Gasteiger partial charge in [0.2, 0.25) is 5.91 Å². The molecule has 4 heteroatoms. The lowest BCUT2D eigenvalue weighted by Crippen LogP contribution is -2.63. The van der Waals surface area contributed by atoms with Gasteiger partial charge in [0, 0.05) is 13.1 Å². The van der Waals surface area contributed by atoms with E-state index in [2.05, 4.69) is 36.6 Å². The first-order chi connectivity index (χ1) is 12.0. The molecule has 0 radical (unpaired) electrons. The Labute approximate surface area is 149 Å². The second-order valence-electron chi connectivity index (χ2n) is 7.09. The molecule has 4 nitrogen and oxygen atoms in total. The molecule has 0 unspecified atom stereocenters. The van der Waals surface area contributed by atoms with Crippen LogP contribution in [0.2, 0.25) is 0 Å². The van der Waals surface area contributed by atoms with Crippen molar-refractivity contribution in [2.45, 2.75) is 32.1 Å². The maximum absolute atomic E-state index is 13.2. The lowest BCUT2D eigenvalue weighted by atomic mass is 9.71. The Morgan fingerprint density at radius 3 is 2.52 bits per heavy atom. The van der Waals surface area contributed by atoms with Crippen molar-refractivity contribution in [1.82, 2.24) is 5.32 Å². The van der Waals surface area contributed by atoms with Gasteiger partial charge < -0.3 is 15.4 Å². The number of amides is 1. The van der Waals surface area contributed by atoms with Gasteiger partial charge in [-0.15, -0.1) is 0 Å². The number of nitrogens with one attached hydrogen (secondary N) is 2. The summed E-state index contributed by atoms with van der Waals surface area (Å²) in [5.41, 5.74) is 3.63. The van der Waals surface area contributed by atoms with Gasteiger partial charge in [0.1, 0.15) is 5.75 Å². The molecule has 0 spiro atoms. The third-order valence-corrected chi connectivity index (χ3v) is 4.99. The number of aryl methyl sites for hydroxylation is 1. The fourth-order valence-electron chi connectivity index (χ4n) is 3.43. The molecule has 1 saturated heterocycles. The van der Waals surface area contributed by atoms with Crippen LogP contribution in [-0.2, 0) is 10.2 Å². The third-order valence-electron chi connectivity index (χ3n) is 4.99. The number of rotatable bonds is 5. The van der Waals surface area contributed by atoms with Gasteiger partial charge in [-0.2, -0.15) is 0 Å². The van der Waals surface area contributed by atoms with Crippen LogP contribution < -0.4 is 15.4 Å². The molecule has 1 amide bonds. The highest BCUT2D eigenvalue weighted by atomic mass is 16.5.